The van der Waals surface area contributed by atoms with Gasteiger partial charge in [0.2, 0.25) is 0 Å². The molecule has 1 aliphatic heterocycles. The molecule has 0 aromatic heterocycles. The van der Waals surface area contributed by atoms with E-state index in [4.69, 9.17) is 21.1 Å². The lowest BCUT2D eigenvalue weighted by atomic mass is 10.1. The van der Waals surface area contributed by atoms with Crippen molar-refractivity contribution in [1.29, 1.82) is 0 Å². The summed E-state index contributed by atoms with van der Waals surface area (Å²) in [5.41, 5.74) is 0.545. The Balaban J connectivity index is 1.97. The number of carbonyl (C=O) groups is 1. The highest BCUT2D eigenvalue weighted by atomic mass is 35.5. The van der Waals surface area contributed by atoms with E-state index in [0.29, 0.717) is 18.1 Å². The maximum atomic E-state index is 12.4. The molecule has 6 heteroatoms. The molecule has 1 heterocycles. The topological polar surface area (TPSA) is 50.8 Å². The van der Waals surface area contributed by atoms with Crippen LogP contribution in [-0.2, 0) is 11.3 Å². The van der Waals surface area contributed by atoms with Crippen LogP contribution in [-0.4, -0.2) is 42.8 Å². The van der Waals surface area contributed by atoms with Gasteiger partial charge >= 0.3 is 6.09 Å². The van der Waals surface area contributed by atoms with Crippen LogP contribution in [0.5, 0.6) is 5.75 Å². The number of hydrogen-bond donors (Lipinski definition) is 1. The Bertz CT molecular complexity index is 587. The summed E-state index contributed by atoms with van der Waals surface area (Å²) in [5.74, 6) is 0.814. The number of methoxy groups -OCH3 is 1. The molecule has 5 nitrogen and oxygen atoms in total. The highest BCUT2D eigenvalue weighted by Gasteiger charge is 2.26. The predicted molar refractivity (Wildman–Crippen MR) is 100 cm³/mol. The van der Waals surface area contributed by atoms with Crippen LogP contribution in [0.1, 0.15) is 45.6 Å². The van der Waals surface area contributed by atoms with E-state index in [1.54, 1.807) is 7.11 Å². The van der Waals surface area contributed by atoms with Crippen LogP contribution in [0.15, 0.2) is 18.2 Å². The van der Waals surface area contributed by atoms with Gasteiger partial charge in [-0.3, -0.25) is 0 Å². The highest BCUT2D eigenvalue weighted by molar-refractivity contribution is 6.30. The maximum absolute atomic E-state index is 12.4. The second-order valence-electron chi connectivity index (χ2n) is 7.46. The average molecular weight is 369 g/mol. The first-order valence-electron chi connectivity index (χ1n) is 8.82. The van der Waals surface area contributed by atoms with Gasteiger partial charge in [-0.25, -0.2) is 4.79 Å². The third-order valence-corrected chi connectivity index (χ3v) is 4.38. The summed E-state index contributed by atoms with van der Waals surface area (Å²) in [6.45, 7) is 7.72. The van der Waals surface area contributed by atoms with E-state index < -0.39 is 5.60 Å². The minimum absolute atomic E-state index is 0.221. The summed E-state index contributed by atoms with van der Waals surface area (Å²) >= 11 is 6.09. The second-order valence-corrected chi connectivity index (χ2v) is 7.89. The summed E-state index contributed by atoms with van der Waals surface area (Å²) in [6.07, 6.45) is 2.88. The summed E-state index contributed by atoms with van der Waals surface area (Å²) in [5, 5.41) is 4.23. The van der Waals surface area contributed by atoms with Crippen LogP contribution in [0.4, 0.5) is 4.79 Å². The third-order valence-electron chi connectivity index (χ3n) is 4.15. The lowest BCUT2D eigenvalue weighted by Gasteiger charge is -2.28. The number of hydrogen-bond acceptors (Lipinski definition) is 4. The smallest absolute Gasteiger partial charge is 0.410 e. The minimum atomic E-state index is -0.472. The van der Waals surface area contributed by atoms with E-state index in [0.717, 1.165) is 37.1 Å². The molecule has 0 radical (unpaired) electrons. The zero-order valence-electron chi connectivity index (χ0n) is 15.6. The normalized spacial score (nSPS) is 18.6. The molecule has 1 fully saturated rings. The maximum Gasteiger partial charge on any atom is 0.410 e. The van der Waals surface area contributed by atoms with Gasteiger partial charge in [-0.2, -0.15) is 0 Å². The Morgan fingerprint density at radius 1 is 1.36 bits per heavy atom. The number of halogens is 1. The van der Waals surface area contributed by atoms with Crippen LogP contribution in [0.2, 0.25) is 5.02 Å². The Labute approximate surface area is 155 Å². The number of nitrogens with zero attached hydrogens (tertiary/aromatic N) is 1. The van der Waals surface area contributed by atoms with Crippen LogP contribution >= 0.6 is 11.6 Å². The van der Waals surface area contributed by atoms with Gasteiger partial charge in [-0.1, -0.05) is 18.0 Å². The molecular formula is C19H29ClN2O3. The van der Waals surface area contributed by atoms with Crippen molar-refractivity contribution in [2.24, 2.45) is 0 Å². The SMILES string of the molecule is COc1ccc(Cl)cc1CNC1CCCCN(C(=O)OC(C)(C)C)C1. The first kappa shape index (κ1) is 19.9. The molecule has 2 rings (SSSR count). The van der Waals surface area contributed by atoms with E-state index in [1.165, 1.54) is 0 Å². The van der Waals surface area contributed by atoms with Crippen molar-refractivity contribution >= 4 is 17.7 Å². The number of benzene rings is 1. The molecular weight excluding hydrogens is 340 g/mol. The van der Waals surface area contributed by atoms with Gasteiger partial charge < -0.3 is 19.7 Å². The molecule has 140 valence electrons. The molecule has 0 bridgehead atoms. The summed E-state index contributed by atoms with van der Waals surface area (Å²) in [4.78, 5) is 14.2. The monoisotopic (exact) mass is 368 g/mol. The first-order chi connectivity index (χ1) is 11.8. The van der Waals surface area contributed by atoms with Crippen molar-refractivity contribution in [2.75, 3.05) is 20.2 Å². The second kappa shape index (κ2) is 8.77. The lowest BCUT2D eigenvalue weighted by Crippen LogP contribution is -2.44. The fourth-order valence-electron chi connectivity index (χ4n) is 2.94. The molecule has 1 N–H and O–H groups in total. The minimum Gasteiger partial charge on any atom is -0.496 e. The molecule has 1 atom stereocenters. The predicted octanol–water partition coefficient (Wildman–Crippen LogP) is 4.23. The number of amides is 1. The van der Waals surface area contributed by atoms with E-state index in [1.807, 2.05) is 43.9 Å². The van der Waals surface area contributed by atoms with E-state index in [2.05, 4.69) is 5.32 Å². The Kier molecular flexibility index (Phi) is 6.96. The van der Waals surface area contributed by atoms with Crippen LogP contribution in [0, 0.1) is 0 Å². The number of ether oxygens (including phenoxy) is 2. The van der Waals surface area contributed by atoms with E-state index in [9.17, 15) is 4.79 Å². The molecule has 1 saturated heterocycles. The van der Waals surface area contributed by atoms with Crippen LogP contribution in [0.3, 0.4) is 0 Å². The molecule has 1 aromatic rings. The van der Waals surface area contributed by atoms with Gasteiger partial charge in [0.05, 0.1) is 7.11 Å². The molecule has 1 aliphatic rings. The standard InChI is InChI=1S/C19H29ClN2O3/c1-19(2,3)25-18(23)22-10-6-5-7-16(13-22)21-12-14-11-15(20)8-9-17(14)24-4/h8-9,11,16,21H,5-7,10,12-13H2,1-4H3. The highest BCUT2D eigenvalue weighted by Crippen LogP contribution is 2.23. The quantitative estimate of drug-likeness (QED) is 0.864. The fourth-order valence-corrected chi connectivity index (χ4v) is 3.14. The first-order valence-corrected chi connectivity index (χ1v) is 9.20. The van der Waals surface area contributed by atoms with Crippen molar-refractivity contribution in [3.63, 3.8) is 0 Å². The largest absolute Gasteiger partial charge is 0.496 e. The average Bonchev–Trinajstić information content (AvgIpc) is 2.77. The molecule has 0 aliphatic carbocycles. The molecule has 0 spiro atoms. The number of likely N-dealkylation sites (tertiary alicyclic amines) is 1. The number of nitrogens with one attached hydrogen (secondary N) is 1. The molecule has 1 aromatic carbocycles. The zero-order valence-corrected chi connectivity index (χ0v) is 16.4. The summed E-state index contributed by atoms with van der Waals surface area (Å²) in [6, 6.07) is 5.83. The summed E-state index contributed by atoms with van der Waals surface area (Å²) in [7, 11) is 1.66. The van der Waals surface area contributed by atoms with Crippen molar-refractivity contribution in [3.05, 3.63) is 28.8 Å². The third kappa shape index (κ3) is 6.40. The number of carbonyl (C=O) groups excluding carboxylic acids is 1. The Morgan fingerprint density at radius 3 is 2.80 bits per heavy atom. The van der Waals surface area contributed by atoms with Crippen molar-refractivity contribution in [1.82, 2.24) is 10.2 Å². The number of rotatable bonds is 4. The zero-order chi connectivity index (χ0) is 18.4. The Morgan fingerprint density at radius 2 is 2.12 bits per heavy atom. The van der Waals surface area contributed by atoms with Crippen molar-refractivity contribution in [3.8, 4) is 5.75 Å². The van der Waals surface area contributed by atoms with Crippen LogP contribution in [0.25, 0.3) is 0 Å². The lowest BCUT2D eigenvalue weighted by molar-refractivity contribution is 0.0243. The van der Waals surface area contributed by atoms with Gasteiger partial charge in [0, 0.05) is 36.3 Å². The van der Waals surface area contributed by atoms with Gasteiger partial charge in [0.25, 0.3) is 0 Å². The molecule has 1 amide bonds. The summed E-state index contributed by atoms with van der Waals surface area (Å²) < 4.78 is 10.9. The Hall–Kier alpha value is -1.46. The van der Waals surface area contributed by atoms with E-state index >= 15 is 0 Å². The molecule has 25 heavy (non-hydrogen) atoms. The molecule has 0 saturated carbocycles. The van der Waals surface area contributed by atoms with Crippen molar-refractivity contribution in [2.45, 2.75) is 58.2 Å². The fraction of sp³-hybridized carbons (Fsp3) is 0.632. The van der Waals surface area contributed by atoms with Crippen molar-refractivity contribution < 1.29 is 14.3 Å². The van der Waals surface area contributed by atoms with Gasteiger partial charge in [-0.15, -0.1) is 0 Å². The molecule has 1 unspecified atom stereocenters. The van der Waals surface area contributed by atoms with Gasteiger partial charge in [-0.05, 0) is 51.8 Å². The van der Waals surface area contributed by atoms with Gasteiger partial charge in [0.1, 0.15) is 11.4 Å². The van der Waals surface area contributed by atoms with Gasteiger partial charge in [0.15, 0.2) is 0 Å². The van der Waals surface area contributed by atoms with Crippen LogP contribution < -0.4 is 10.1 Å². The van der Waals surface area contributed by atoms with E-state index in [-0.39, 0.29) is 12.1 Å².